The van der Waals surface area contributed by atoms with E-state index in [2.05, 4.69) is 5.32 Å². The second-order valence-corrected chi connectivity index (χ2v) is 6.51. The summed E-state index contributed by atoms with van der Waals surface area (Å²) in [4.78, 5) is 24.7. The van der Waals surface area contributed by atoms with Crippen LogP contribution in [0.3, 0.4) is 0 Å². The van der Waals surface area contributed by atoms with E-state index >= 15 is 0 Å². The number of hydrogen-bond donors (Lipinski definition) is 1. The van der Waals surface area contributed by atoms with Crippen molar-refractivity contribution in [3.05, 3.63) is 60.2 Å². The number of amides is 1. The van der Waals surface area contributed by atoms with Gasteiger partial charge < -0.3 is 10.1 Å². The highest BCUT2D eigenvalue weighted by molar-refractivity contribution is 8.00. The summed E-state index contributed by atoms with van der Waals surface area (Å²) in [5.41, 5.74) is 1.80. The molecule has 1 N–H and O–H groups in total. The van der Waals surface area contributed by atoms with Gasteiger partial charge in [0.2, 0.25) is 0 Å². The largest absolute Gasteiger partial charge is 0.455 e. The Labute approximate surface area is 140 Å². The normalized spacial score (nSPS) is 11.6. The van der Waals surface area contributed by atoms with Crippen LogP contribution in [-0.4, -0.2) is 23.7 Å². The van der Waals surface area contributed by atoms with Gasteiger partial charge in [-0.05, 0) is 38.1 Å². The molecular formula is C18H19NO3S. The fraction of sp³-hybridized carbons (Fsp3) is 0.222. The van der Waals surface area contributed by atoms with E-state index in [1.165, 1.54) is 11.8 Å². The molecule has 0 radical (unpaired) electrons. The molecule has 4 nitrogen and oxygen atoms in total. The molecular weight excluding hydrogens is 310 g/mol. The molecule has 0 saturated heterocycles. The molecule has 0 aliphatic heterocycles. The van der Waals surface area contributed by atoms with Crippen molar-refractivity contribution < 1.29 is 14.3 Å². The summed E-state index contributed by atoms with van der Waals surface area (Å²) in [5.74, 6) is -0.753. The number of hydrogen-bond acceptors (Lipinski definition) is 4. The van der Waals surface area contributed by atoms with Gasteiger partial charge in [-0.25, -0.2) is 0 Å². The fourth-order valence-electron chi connectivity index (χ4n) is 1.84. The maximum atomic E-state index is 11.9. The quantitative estimate of drug-likeness (QED) is 0.649. The van der Waals surface area contributed by atoms with E-state index in [0.29, 0.717) is 5.69 Å². The summed E-state index contributed by atoms with van der Waals surface area (Å²) in [6.45, 7) is 3.45. The van der Waals surface area contributed by atoms with Crippen LogP contribution in [0.15, 0.2) is 59.5 Å². The molecule has 0 unspecified atom stereocenters. The first-order chi connectivity index (χ1) is 11.0. The molecule has 120 valence electrons. The predicted molar refractivity (Wildman–Crippen MR) is 92.5 cm³/mol. The van der Waals surface area contributed by atoms with Crippen molar-refractivity contribution in [1.82, 2.24) is 0 Å². The summed E-state index contributed by atoms with van der Waals surface area (Å²) >= 11 is 1.40. The summed E-state index contributed by atoms with van der Waals surface area (Å²) < 4.78 is 5.06. The summed E-state index contributed by atoms with van der Waals surface area (Å²) in [5, 5.41) is 2.32. The SMILES string of the molecule is Cc1ccc(NC(=O)COC(=O)[C@@H](C)Sc2ccccc2)cc1. The van der Waals surface area contributed by atoms with Gasteiger partial charge in [0, 0.05) is 10.6 Å². The van der Waals surface area contributed by atoms with E-state index in [1.54, 1.807) is 6.92 Å². The van der Waals surface area contributed by atoms with Crippen molar-refractivity contribution in [3.8, 4) is 0 Å². The number of ether oxygens (including phenoxy) is 1. The van der Waals surface area contributed by atoms with Gasteiger partial charge in [-0.15, -0.1) is 11.8 Å². The van der Waals surface area contributed by atoms with E-state index in [0.717, 1.165) is 10.5 Å². The number of nitrogens with one attached hydrogen (secondary N) is 1. The molecule has 0 aliphatic rings. The molecule has 23 heavy (non-hydrogen) atoms. The topological polar surface area (TPSA) is 55.4 Å². The summed E-state index contributed by atoms with van der Waals surface area (Å²) in [6, 6.07) is 17.0. The molecule has 1 atom stereocenters. The Kier molecular flexibility index (Phi) is 6.23. The lowest BCUT2D eigenvalue weighted by Crippen LogP contribution is -2.24. The van der Waals surface area contributed by atoms with Crippen molar-refractivity contribution in [2.45, 2.75) is 24.0 Å². The number of anilines is 1. The molecule has 0 bridgehead atoms. The van der Waals surface area contributed by atoms with Gasteiger partial charge in [-0.2, -0.15) is 0 Å². The second kappa shape index (κ2) is 8.39. The predicted octanol–water partition coefficient (Wildman–Crippen LogP) is 3.66. The van der Waals surface area contributed by atoms with Crippen molar-refractivity contribution in [3.63, 3.8) is 0 Å². The molecule has 2 aromatic carbocycles. The highest BCUT2D eigenvalue weighted by atomic mass is 32.2. The zero-order valence-corrected chi connectivity index (χ0v) is 13.9. The van der Waals surface area contributed by atoms with Crippen LogP contribution in [0.4, 0.5) is 5.69 Å². The first-order valence-corrected chi connectivity index (χ1v) is 8.17. The lowest BCUT2D eigenvalue weighted by atomic mass is 10.2. The molecule has 1 amide bonds. The van der Waals surface area contributed by atoms with Crippen LogP contribution < -0.4 is 5.32 Å². The van der Waals surface area contributed by atoms with Crippen LogP contribution in [0.2, 0.25) is 0 Å². The number of rotatable bonds is 6. The monoisotopic (exact) mass is 329 g/mol. The Bertz CT molecular complexity index is 656. The highest BCUT2D eigenvalue weighted by Crippen LogP contribution is 2.23. The lowest BCUT2D eigenvalue weighted by molar-refractivity contribution is -0.146. The highest BCUT2D eigenvalue weighted by Gasteiger charge is 2.17. The minimum atomic E-state index is -0.405. The number of aryl methyl sites for hydroxylation is 1. The van der Waals surface area contributed by atoms with E-state index in [-0.39, 0.29) is 17.8 Å². The van der Waals surface area contributed by atoms with Crippen LogP contribution in [-0.2, 0) is 14.3 Å². The smallest absolute Gasteiger partial charge is 0.319 e. The van der Waals surface area contributed by atoms with Gasteiger partial charge in [0.15, 0.2) is 6.61 Å². The van der Waals surface area contributed by atoms with Crippen LogP contribution in [0.25, 0.3) is 0 Å². The zero-order chi connectivity index (χ0) is 16.7. The molecule has 0 heterocycles. The number of thioether (sulfide) groups is 1. The van der Waals surface area contributed by atoms with Crippen molar-refractivity contribution in [1.29, 1.82) is 0 Å². The maximum Gasteiger partial charge on any atom is 0.319 e. The third-order valence-electron chi connectivity index (χ3n) is 3.07. The van der Waals surface area contributed by atoms with E-state index < -0.39 is 5.97 Å². The third-order valence-corrected chi connectivity index (χ3v) is 4.16. The number of carbonyl (C=O) groups is 2. The second-order valence-electron chi connectivity index (χ2n) is 5.10. The Hall–Kier alpha value is -2.27. The van der Waals surface area contributed by atoms with Gasteiger partial charge in [0.05, 0.1) is 0 Å². The average Bonchev–Trinajstić information content (AvgIpc) is 2.55. The van der Waals surface area contributed by atoms with Crippen LogP contribution in [0, 0.1) is 6.92 Å². The Morgan fingerprint density at radius 2 is 1.74 bits per heavy atom. The number of benzene rings is 2. The van der Waals surface area contributed by atoms with E-state index in [4.69, 9.17) is 4.74 Å². The van der Waals surface area contributed by atoms with Crippen molar-refractivity contribution in [2.24, 2.45) is 0 Å². The molecule has 0 fully saturated rings. The fourth-order valence-corrected chi connectivity index (χ4v) is 2.73. The summed E-state index contributed by atoms with van der Waals surface area (Å²) in [6.07, 6.45) is 0. The minimum absolute atomic E-state index is 0.285. The maximum absolute atomic E-state index is 11.9. The molecule has 0 saturated carbocycles. The Morgan fingerprint density at radius 3 is 2.39 bits per heavy atom. The standard InChI is InChI=1S/C18H19NO3S/c1-13-8-10-15(11-9-13)19-17(20)12-22-18(21)14(2)23-16-6-4-3-5-7-16/h3-11,14H,12H2,1-2H3,(H,19,20)/t14-/m1/s1. The molecule has 0 aromatic heterocycles. The third kappa shape index (κ3) is 5.79. The number of carbonyl (C=O) groups excluding carboxylic acids is 2. The molecule has 0 spiro atoms. The van der Waals surface area contributed by atoms with Gasteiger partial charge in [-0.3, -0.25) is 9.59 Å². The molecule has 2 rings (SSSR count). The van der Waals surface area contributed by atoms with Crippen LogP contribution >= 0.6 is 11.8 Å². The molecule has 0 aliphatic carbocycles. The molecule has 2 aromatic rings. The van der Waals surface area contributed by atoms with Gasteiger partial charge in [-0.1, -0.05) is 35.9 Å². The van der Waals surface area contributed by atoms with Gasteiger partial charge >= 0.3 is 5.97 Å². The van der Waals surface area contributed by atoms with Crippen molar-refractivity contribution in [2.75, 3.05) is 11.9 Å². The van der Waals surface area contributed by atoms with Gasteiger partial charge in [0.1, 0.15) is 5.25 Å². The van der Waals surface area contributed by atoms with Crippen LogP contribution in [0.5, 0.6) is 0 Å². The van der Waals surface area contributed by atoms with Gasteiger partial charge in [0.25, 0.3) is 5.91 Å². The summed E-state index contributed by atoms with van der Waals surface area (Å²) in [7, 11) is 0. The first-order valence-electron chi connectivity index (χ1n) is 7.29. The average molecular weight is 329 g/mol. The van der Waals surface area contributed by atoms with Crippen molar-refractivity contribution >= 4 is 29.3 Å². The Morgan fingerprint density at radius 1 is 1.09 bits per heavy atom. The number of esters is 1. The zero-order valence-electron chi connectivity index (χ0n) is 13.1. The minimum Gasteiger partial charge on any atom is -0.455 e. The van der Waals surface area contributed by atoms with E-state index in [1.807, 2.05) is 61.5 Å². The lowest BCUT2D eigenvalue weighted by Gasteiger charge is -2.11. The van der Waals surface area contributed by atoms with E-state index in [9.17, 15) is 9.59 Å². The van der Waals surface area contributed by atoms with Crippen LogP contribution in [0.1, 0.15) is 12.5 Å². The Balaban J connectivity index is 1.76. The first kappa shape index (κ1) is 17.1. The molecule has 5 heteroatoms.